The summed E-state index contributed by atoms with van der Waals surface area (Å²) >= 11 is 0. The number of likely N-dealkylation sites (tertiary alicyclic amines) is 1. The van der Waals surface area contributed by atoms with Crippen LogP contribution < -0.4 is 5.32 Å². The molecule has 1 saturated carbocycles. The maximum atomic E-state index is 3.31. The standard InChI is InChI=1S/C11H22N2/c1-11(8-12-2)5-6-13(9-11)7-10-3-4-10/h10,12H,3-9H2,1-2H3. The van der Waals surface area contributed by atoms with Gasteiger partial charge in [0.05, 0.1) is 0 Å². The van der Waals surface area contributed by atoms with E-state index in [1.54, 1.807) is 0 Å². The summed E-state index contributed by atoms with van der Waals surface area (Å²) in [6, 6.07) is 0. The van der Waals surface area contributed by atoms with Gasteiger partial charge in [0.25, 0.3) is 0 Å². The predicted molar refractivity (Wildman–Crippen MR) is 55.8 cm³/mol. The minimum Gasteiger partial charge on any atom is -0.319 e. The number of nitrogens with zero attached hydrogens (tertiary/aromatic N) is 1. The molecule has 76 valence electrons. The van der Waals surface area contributed by atoms with Crippen molar-refractivity contribution < 1.29 is 0 Å². The molecule has 1 unspecified atom stereocenters. The largest absolute Gasteiger partial charge is 0.319 e. The van der Waals surface area contributed by atoms with E-state index in [1.807, 2.05) is 0 Å². The molecule has 2 heteroatoms. The fourth-order valence-electron chi connectivity index (χ4n) is 2.52. The van der Waals surface area contributed by atoms with Gasteiger partial charge in [-0.1, -0.05) is 6.92 Å². The summed E-state index contributed by atoms with van der Waals surface area (Å²) in [4.78, 5) is 2.66. The van der Waals surface area contributed by atoms with Crippen LogP contribution in [0.1, 0.15) is 26.2 Å². The first-order chi connectivity index (χ1) is 6.22. The average molecular weight is 182 g/mol. The lowest BCUT2D eigenvalue weighted by Crippen LogP contribution is -2.33. The van der Waals surface area contributed by atoms with Crippen LogP contribution in [0.15, 0.2) is 0 Å². The Morgan fingerprint density at radius 2 is 2.23 bits per heavy atom. The van der Waals surface area contributed by atoms with Gasteiger partial charge in [-0.25, -0.2) is 0 Å². The lowest BCUT2D eigenvalue weighted by Gasteiger charge is -2.24. The van der Waals surface area contributed by atoms with Crippen molar-refractivity contribution in [2.24, 2.45) is 11.3 Å². The first-order valence-electron chi connectivity index (χ1n) is 5.59. The van der Waals surface area contributed by atoms with Crippen molar-refractivity contribution in [2.45, 2.75) is 26.2 Å². The number of hydrogen-bond acceptors (Lipinski definition) is 2. The molecule has 1 aliphatic heterocycles. The minimum atomic E-state index is 0.545. The van der Waals surface area contributed by atoms with Crippen molar-refractivity contribution in [1.29, 1.82) is 0 Å². The summed E-state index contributed by atoms with van der Waals surface area (Å²) < 4.78 is 0. The Morgan fingerprint density at radius 1 is 1.46 bits per heavy atom. The SMILES string of the molecule is CNCC1(C)CCN(CC2CC2)C1. The van der Waals surface area contributed by atoms with Gasteiger partial charge in [-0.15, -0.1) is 0 Å². The molecule has 0 aromatic heterocycles. The van der Waals surface area contributed by atoms with Gasteiger partial charge in [-0.2, -0.15) is 0 Å². The van der Waals surface area contributed by atoms with Crippen molar-refractivity contribution in [3.8, 4) is 0 Å². The molecule has 1 saturated heterocycles. The van der Waals surface area contributed by atoms with Crippen molar-refractivity contribution in [3.05, 3.63) is 0 Å². The monoisotopic (exact) mass is 182 g/mol. The van der Waals surface area contributed by atoms with Gasteiger partial charge in [0.2, 0.25) is 0 Å². The molecule has 0 radical (unpaired) electrons. The third kappa shape index (κ3) is 2.44. The smallest absolute Gasteiger partial charge is 0.00481 e. The topological polar surface area (TPSA) is 15.3 Å². The summed E-state index contributed by atoms with van der Waals surface area (Å²) in [7, 11) is 2.06. The molecule has 0 aromatic rings. The Kier molecular flexibility index (Phi) is 2.61. The second kappa shape index (κ2) is 3.58. The normalized spacial score (nSPS) is 35.5. The van der Waals surface area contributed by atoms with Crippen LogP contribution in [0.4, 0.5) is 0 Å². The van der Waals surface area contributed by atoms with E-state index in [9.17, 15) is 0 Å². The lowest BCUT2D eigenvalue weighted by atomic mass is 9.90. The zero-order chi connectivity index (χ0) is 9.31. The van der Waals surface area contributed by atoms with E-state index in [1.165, 1.54) is 45.4 Å². The van der Waals surface area contributed by atoms with E-state index in [4.69, 9.17) is 0 Å². The van der Waals surface area contributed by atoms with E-state index in [2.05, 4.69) is 24.2 Å². The van der Waals surface area contributed by atoms with E-state index in [0.29, 0.717) is 5.41 Å². The first kappa shape index (κ1) is 9.47. The second-order valence-corrected chi connectivity index (χ2v) is 5.27. The molecule has 1 N–H and O–H groups in total. The van der Waals surface area contributed by atoms with Crippen LogP contribution in [-0.4, -0.2) is 38.1 Å². The molecule has 0 bridgehead atoms. The summed E-state index contributed by atoms with van der Waals surface area (Å²) in [6.07, 6.45) is 4.35. The van der Waals surface area contributed by atoms with Crippen LogP contribution in [0.2, 0.25) is 0 Å². The Balaban J connectivity index is 1.77. The van der Waals surface area contributed by atoms with Gasteiger partial charge < -0.3 is 10.2 Å². The highest BCUT2D eigenvalue weighted by atomic mass is 15.2. The van der Waals surface area contributed by atoms with Crippen LogP contribution in [0.5, 0.6) is 0 Å². The molecule has 1 aliphatic carbocycles. The molecule has 2 aliphatic rings. The molecule has 2 fully saturated rings. The Morgan fingerprint density at radius 3 is 2.85 bits per heavy atom. The van der Waals surface area contributed by atoms with Gasteiger partial charge in [0.1, 0.15) is 0 Å². The molecule has 0 spiro atoms. The maximum Gasteiger partial charge on any atom is 0.00481 e. The zero-order valence-corrected chi connectivity index (χ0v) is 8.97. The lowest BCUT2D eigenvalue weighted by molar-refractivity contribution is 0.263. The summed E-state index contributed by atoms with van der Waals surface area (Å²) in [6.45, 7) is 7.60. The van der Waals surface area contributed by atoms with Crippen molar-refractivity contribution in [1.82, 2.24) is 10.2 Å². The highest BCUT2D eigenvalue weighted by Gasteiger charge is 2.35. The molecule has 0 aromatic carbocycles. The third-order valence-electron chi connectivity index (χ3n) is 3.45. The zero-order valence-electron chi connectivity index (χ0n) is 8.97. The highest BCUT2D eigenvalue weighted by molar-refractivity contribution is 4.90. The second-order valence-electron chi connectivity index (χ2n) is 5.27. The molecule has 1 heterocycles. The Bertz CT molecular complexity index is 177. The van der Waals surface area contributed by atoms with E-state index >= 15 is 0 Å². The fraction of sp³-hybridized carbons (Fsp3) is 1.00. The molecular weight excluding hydrogens is 160 g/mol. The molecule has 2 rings (SSSR count). The van der Waals surface area contributed by atoms with E-state index < -0.39 is 0 Å². The molecule has 2 nitrogen and oxygen atoms in total. The minimum absolute atomic E-state index is 0.545. The van der Waals surface area contributed by atoms with Gasteiger partial charge in [-0.05, 0) is 44.2 Å². The molecule has 13 heavy (non-hydrogen) atoms. The van der Waals surface area contributed by atoms with E-state index in [-0.39, 0.29) is 0 Å². The van der Waals surface area contributed by atoms with Crippen LogP contribution in [0, 0.1) is 11.3 Å². The molecule has 0 amide bonds. The van der Waals surface area contributed by atoms with E-state index in [0.717, 1.165) is 5.92 Å². The fourth-order valence-corrected chi connectivity index (χ4v) is 2.52. The van der Waals surface area contributed by atoms with Crippen LogP contribution in [0.25, 0.3) is 0 Å². The van der Waals surface area contributed by atoms with Crippen LogP contribution in [-0.2, 0) is 0 Å². The van der Waals surface area contributed by atoms with Crippen molar-refractivity contribution in [2.75, 3.05) is 33.2 Å². The Labute approximate surface area is 81.7 Å². The van der Waals surface area contributed by atoms with Gasteiger partial charge in [-0.3, -0.25) is 0 Å². The summed E-state index contributed by atoms with van der Waals surface area (Å²) in [5.74, 6) is 1.05. The van der Waals surface area contributed by atoms with Gasteiger partial charge in [0.15, 0.2) is 0 Å². The van der Waals surface area contributed by atoms with Crippen LogP contribution >= 0.6 is 0 Å². The number of hydrogen-bond donors (Lipinski definition) is 1. The first-order valence-corrected chi connectivity index (χ1v) is 5.59. The third-order valence-corrected chi connectivity index (χ3v) is 3.45. The van der Waals surface area contributed by atoms with Crippen molar-refractivity contribution in [3.63, 3.8) is 0 Å². The highest BCUT2D eigenvalue weighted by Crippen LogP contribution is 2.34. The van der Waals surface area contributed by atoms with Gasteiger partial charge in [0, 0.05) is 19.6 Å². The molecule has 1 atom stereocenters. The summed E-state index contributed by atoms with van der Waals surface area (Å²) in [5.41, 5.74) is 0.545. The van der Waals surface area contributed by atoms with Crippen molar-refractivity contribution >= 4 is 0 Å². The number of nitrogens with one attached hydrogen (secondary N) is 1. The molecular formula is C11H22N2. The predicted octanol–water partition coefficient (Wildman–Crippen LogP) is 1.33. The number of rotatable bonds is 4. The van der Waals surface area contributed by atoms with Crippen LogP contribution in [0.3, 0.4) is 0 Å². The Hall–Kier alpha value is -0.0800. The van der Waals surface area contributed by atoms with Gasteiger partial charge >= 0.3 is 0 Å². The summed E-state index contributed by atoms with van der Waals surface area (Å²) in [5, 5.41) is 3.31. The maximum absolute atomic E-state index is 3.31. The average Bonchev–Trinajstić information content (AvgIpc) is 2.78. The quantitative estimate of drug-likeness (QED) is 0.705.